The highest BCUT2D eigenvalue weighted by Crippen LogP contribution is 2.44. The molecule has 0 radical (unpaired) electrons. The van der Waals surface area contributed by atoms with Gasteiger partial charge in [0.25, 0.3) is 0 Å². The maximum Gasteiger partial charge on any atom is 0.0966 e. The van der Waals surface area contributed by atoms with Crippen LogP contribution in [0.4, 0.5) is 0 Å². The third-order valence-corrected chi connectivity index (χ3v) is 10.3. The zero-order valence-corrected chi connectivity index (χ0v) is 14.9. The van der Waals surface area contributed by atoms with E-state index in [0.29, 0.717) is 0 Å². The quantitative estimate of drug-likeness (QED) is 0.710. The van der Waals surface area contributed by atoms with E-state index in [-0.39, 0.29) is 5.04 Å². The van der Waals surface area contributed by atoms with Crippen LogP contribution in [0.25, 0.3) is 0 Å². The van der Waals surface area contributed by atoms with E-state index < -0.39 is 14.2 Å². The van der Waals surface area contributed by atoms with Crippen LogP contribution < -0.4 is 0 Å². The summed E-state index contributed by atoms with van der Waals surface area (Å²) in [5.41, 5.74) is 1.01. The van der Waals surface area contributed by atoms with Gasteiger partial charge in [0, 0.05) is 0 Å². The Morgan fingerprint density at radius 1 is 1.20 bits per heavy atom. The predicted octanol–water partition coefficient (Wildman–Crippen LogP) is 5.49. The second kappa shape index (κ2) is 6.73. The Bertz CT molecular complexity index is 440. The van der Waals surface area contributed by atoms with E-state index in [2.05, 4.69) is 46.9 Å². The van der Waals surface area contributed by atoms with Crippen molar-refractivity contribution >= 4 is 8.07 Å². The molecular formula is C18H30OSi. The van der Waals surface area contributed by atoms with Gasteiger partial charge in [-0.3, -0.25) is 0 Å². The molecule has 1 N–H and O–H groups in total. The highest BCUT2D eigenvalue weighted by molar-refractivity contribution is 6.86. The molecule has 0 aliphatic rings. The van der Waals surface area contributed by atoms with E-state index in [1.807, 2.05) is 30.3 Å². The molecule has 0 saturated heterocycles. The fourth-order valence-corrected chi connectivity index (χ4v) is 4.63. The van der Waals surface area contributed by atoms with Crippen LogP contribution in [0.5, 0.6) is 0 Å². The molecule has 0 heterocycles. The summed E-state index contributed by atoms with van der Waals surface area (Å²) in [7, 11) is -1.71. The molecule has 1 aromatic carbocycles. The minimum Gasteiger partial charge on any atom is -0.384 e. The third kappa shape index (κ3) is 3.83. The van der Waals surface area contributed by atoms with Crippen LogP contribution in [-0.4, -0.2) is 13.2 Å². The molecule has 0 fully saturated rings. The summed E-state index contributed by atoms with van der Waals surface area (Å²) in [6.45, 7) is 13.8. The average molecular weight is 291 g/mol. The Labute approximate surface area is 125 Å². The topological polar surface area (TPSA) is 20.2 Å². The molecule has 1 atom stereocenters. The van der Waals surface area contributed by atoms with Gasteiger partial charge >= 0.3 is 0 Å². The molecule has 0 spiro atoms. The molecule has 0 amide bonds. The number of aliphatic hydroxyl groups is 1. The smallest absolute Gasteiger partial charge is 0.0966 e. The van der Waals surface area contributed by atoms with E-state index in [4.69, 9.17) is 0 Å². The van der Waals surface area contributed by atoms with Gasteiger partial charge in [-0.25, -0.2) is 0 Å². The van der Waals surface area contributed by atoms with Gasteiger partial charge in [-0.2, -0.15) is 0 Å². The number of unbranched alkanes of at least 4 members (excludes halogenated alkanes) is 1. The highest BCUT2D eigenvalue weighted by Gasteiger charge is 2.41. The third-order valence-electron chi connectivity index (χ3n) is 4.66. The predicted molar refractivity (Wildman–Crippen MR) is 91.6 cm³/mol. The van der Waals surface area contributed by atoms with Gasteiger partial charge < -0.3 is 5.11 Å². The lowest BCUT2D eigenvalue weighted by Crippen LogP contribution is -2.42. The molecule has 1 rings (SSSR count). The van der Waals surface area contributed by atoms with Crippen LogP contribution in [0.3, 0.4) is 0 Å². The molecule has 1 aromatic rings. The lowest BCUT2D eigenvalue weighted by atomic mass is 10.1. The fraction of sp³-hybridized carbons (Fsp3) is 0.556. The summed E-state index contributed by atoms with van der Waals surface area (Å²) >= 11 is 0. The normalized spacial score (nSPS) is 15.2. The minimum absolute atomic E-state index is 0.238. The summed E-state index contributed by atoms with van der Waals surface area (Å²) in [5.74, 6) is 0. The number of hydrogen-bond donors (Lipinski definition) is 1. The van der Waals surface area contributed by atoms with Gasteiger partial charge in [0.15, 0.2) is 0 Å². The van der Waals surface area contributed by atoms with Crippen molar-refractivity contribution in [3.63, 3.8) is 0 Å². The van der Waals surface area contributed by atoms with Crippen molar-refractivity contribution in [3.8, 4) is 0 Å². The summed E-state index contributed by atoms with van der Waals surface area (Å²) in [6.07, 6.45) is 4.02. The average Bonchev–Trinajstić information content (AvgIpc) is 2.38. The van der Waals surface area contributed by atoms with Gasteiger partial charge in [-0.1, -0.05) is 88.8 Å². The first-order valence-electron chi connectivity index (χ1n) is 7.65. The van der Waals surface area contributed by atoms with Gasteiger partial charge in [-0.15, -0.1) is 0 Å². The van der Waals surface area contributed by atoms with Crippen LogP contribution >= 0.6 is 0 Å². The Morgan fingerprint density at radius 3 is 2.20 bits per heavy atom. The zero-order chi connectivity index (χ0) is 15.4. The van der Waals surface area contributed by atoms with Crippen molar-refractivity contribution in [2.45, 2.75) is 64.8 Å². The molecule has 0 saturated carbocycles. The largest absolute Gasteiger partial charge is 0.384 e. The Balaban J connectivity index is 3.21. The van der Waals surface area contributed by atoms with Crippen LogP contribution in [0.15, 0.2) is 41.6 Å². The van der Waals surface area contributed by atoms with Crippen molar-refractivity contribution in [2.75, 3.05) is 0 Å². The molecule has 2 heteroatoms. The van der Waals surface area contributed by atoms with Crippen LogP contribution in [0, 0.1) is 0 Å². The Hall–Kier alpha value is -0.863. The molecule has 0 aromatic heterocycles. The molecule has 0 aliphatic carbocycles. The maximum atomic E-state index is 10.9. The van der Waals surface area contributed by atoms with Gasteiger partial charge in [0.05, 0.1) is 14.2 Å². The summed E-state index contributed by atoms with van der Waals surface area (Å²) in [5, 5.41) is 12.4. The first kappa shape index (κ1) is 17.2. The molecule has 112 valence electrons. The number of benzene rings is 1. The molecule has 20 heavy (non-hydrogen) atoms. The minimum atomic E-state index is -1.71. The number of aliphatic hydroxyl groups excluding tert-OH is 1. The van der Waals surface area contributed by atoms with Crippen molar-refractivity contribution in [2.24, 2.45) is 0 Å². The Morgan fingerprint density at radius 2 is 1.75 bits per heavy atom. The molecular weight excluding hydrogens is 260 g/mol. The molecule has 0 bridgehead atoms. The monoisotopic (exact) mass is 290 g/mol. The first-order chi connectivity index (χ1) is 9.21. The van der Waals surface area contributed by atoms with E-state index >= 15 is 0 Å². The van der Waals surface area contributed by atoms with Crippen molar-refractivity contribution in [1.82, 2.24) is 0 Å². The second-order valence-electron chi connectivity index (χ2n) is 7.14. The first-order valence-corrected chi connectivity index (χ1v) is 10.7. The van der Waals surface area contributed by atoms with Crippen LogP contribution in [0.1, 0.15) is 52.2 Å². The summed E-state index contributed by atoms with van der Waals surface area (Å²) in [4.78, 5) is 0. The highest BCUT2D eigenvalue weighted by atomic mass is 28.3. The maximum absolute atomic E-state index is 10.9. The van der Waals surface area contributed by atoms with E-state index in [1.165, 1.54) is 5.20 Å². The van der Waals surface area contributed by atoms with Gasteiger partial charge in [-0.05, 0) is 17.0 Å². The van der Waals surface area contributed by atoms with Gasteiger partial charge in [0.1, 0.15) is 0 Å². The summed E-state index contributed by atoms with van der Waals surface area (Å²) < 4.78 is 0. The number of hydrogen-bond acceptors (Lipinski definition) is 1. The zero-order valence-electron chi connectivity index (χ0n) is 13.9. The van der Waals surface area contributed by atoms with Crippen molar-refractivity contribution < 1.29 is 5.11 Å². The van der Waals surface area contributed by atoms with Crippen molar-refractivity contribution in [3.05, 3.63) is 47.2 Å². The molecule has 1 nitrogen and oxygen atoms in total. The van der Waals surface area contributed by atoms with E-state index in [0.717, 1.165) is 18.4 Å². The van der Waals surface area contributed by atoms with Gasteiger partial charge in [0.2, 0.25) is 0 Å². The standard InChI is InChI=1S/C18H30OSi/c1-7-8-14-16(20(5,6)18(2,3)4)17(19)15-12-10-9-11-13-15/h9-14,17,19H,7-8H2,1-6H3/b16-14+. The Kier molecular flexibility index (Phi) is 5.78. The fourth-order valence-electron chi connectivity index (χ4n) is 2.26. The van der Waals surface area contributed by atoms with E-state index in [1.54, 1.807) is 0 Å². The molecule has 0 aliphatic heterocycles. The number of allylic oxidation sites excluding steroid dienone is 1. The lowest BCUT2D eigenvalue weighted by molar-refractivity contribution is 0.221. The second-order valence-corrected chi connectivity index (χ2v) is 12.5. The lowest BCUT2D eigenvalue weighted by Gasteiger charge is -2.41. The summed E-state index contributed by atoms with van der Waals surface area (Å²) in [6, 6.07) is 10.1. The van der Waals surface area contributed by atoms with Crippen molar-refractivity contribution in [1.29, 1.82) is 0 Å². The van der Waals surface area contributed by atoms with Crippen LogP contribution in [-0.2, 0) is 0 Å². The van der Waals surface area contributed by atoms with E-state index in [9.17, 15) is 5.11 Å². The molecule has 1 unspecified atom stereocenters. The number of rotatable bonds is 5. The SMILES string of the molecule is CCC/C=C(\C(O)c1ccccc1)[Si](C)(C)C(C)(C)C. The van der Waals surface area contributed by atoms with Crippen LogP contribution in [0.2, 0.25) is 18.1 Å².